The lowest BCUT2D eigenvalue weighted by Crippen LogP contribution is -2.36. The molecule has 1 aliphatic heterocycles. The number of amides is 1. The lowest BCUT2D eigenvalue weighted by atomic mass is 10.00. The highest BCUT2D eigenvalue weighted by atomic mass is 35.5. The van der Waals surface area contributed by atoms with E-state index in [2.05, 4.69) is 15.2 Å². The molecular weight excluding hydrogens is 402 g/mol. The van der Waals surface area contributed by atoms with E-state index in [4.69, 9.17) is 16.1 Å². The summed E-state index contributed by atoms with van der Waals surface area (Å²) in [6, 6.07) is 13.1. The van der Waals surface area contributed by atoms with E-state index in [9.17, 15) is 4.79 Å². The van der Waals surface area contributed by atoms with Crippen LogP contribution in [0.4, 0.5) is 0 Å². The van der Waals surface area contributed by atoms with Crippen molar-refractivity contribution in [3.8, 4) is 17.1 Å². The SMILES string of the molecule is Cc1c(C(=O)N2CCc3c(noc3-c3ccc(Cl)cc3)C2)cnn1-c1ccccn1. The Balaban J connectivity index is 1.39. The predicted molar refractivity (Wildman–Crippen MR) is 111 cm³/mol. The summed E-state index contributed by atoms with van der Waals surface area (Å²) in [6.07, 6.45) is 3.98. The summed E-state index contributed by atoms with van der Waals surface area (Å²) in [5, 5.41) is 9.25. The van der Waals surface area contributed by atoms with E-state index in [1.165, 1.54) is 0 Å². The number of pyridine rings is 1. The van der Waals surface area contributed by atoms with Gasteiger partial charge in [0, 0.05) is 28.9 Å². The Bertz CT molecular complexity index is 1210. The first-order valence-electron chi connectivity index (χ1n) is 9.60. The Kier molecular flexibility index (Phi) is 4.59. The van der Waals surface area contributed by atoms with Gasteiger partial charge in [-0.1, -0.05) is 22.8 Å². The summed E-state index contributed by atoms with van der Waals surface area (Å²) >= 11 is 5.98. The number of fused-ring (bicyclic) bond motifs is 1. The van der Waals surface area contributed by atoms with Gasteiger partial charge < -0.3 is 9.42 Å². The highest BCUT2D eigenvalue weighted by molar-refractivity contribution is 6.30. The Labute approximate surface area is 177 Å². The first-order valence-corrected chi connectivity index (χ1v) is 9.98. The van der Waals surface area contributed by atoms with E-state index >= 15 is 0 Å². The molecule has 8 heteroatoms. The van der Waals surface area contributed by atoms with Crippen LogP contribution in [-0.2, 0) is 13.0 Å². The minimum atomic E-state index is -0.0728. The summed E-state index contributed by atoms with van der Waals surface area (Å²) in [5.41, 5.74) is 4.08. The number of nitrogens with zero attached hydrogens (tertiary/aromatic N) is 5. The zero-order valence-electron chi connectivity index (χ0n) is 16.2. The van der Waals surface area contributed by atoms with Gasteiger partial charge in [0.25, 0.3) is 5.91 Å². The zero-order valence-corrected chi connectivity index (χ0v) is 17.0. The topological polar surface area (TPSA) is 77.0 Å². The highest BCUT2D eigenvalue weighted by Crippen LogP contribution is 2.31. The molecule has 0 radical (unpaired) electrons. The zero-order chi connectivity index (χ0) is 20.7. The molecule has 0 saturated heterocycles. The van der Waals surface area contributed by atoms with Gasteiger partial charge >= 0.3 is 0 Å². The molecule has 0 aliphatic carbocycles. The number of benzene rings is 1. The molecular formula is C22H18ClN5O2. The van der Waals surface area contributed by atoms with Gasteiger partial charge in [0.05, 0.1) is 24.0 Å². The number of hydrogen-bond donors (Lipinski definition) is 0. The van der Waals surface area contributed by atoms with E-state index < -0.39 is 0 Å². The van der Waals surface area contributed by atoms with Crippen LogP contribution in [-0.4, -0.2) is 37.3 Å². The Morgan fingerprint density at radius 3 is 2.77 bits per heavy atom. The standard InChI is InChI=1S/C22H18ClN5O2/c1-14-18(12-25-28(14)20-4-2-3-10-24-20)22(29)27-11-9-17-19(13-27)26-30-21(17)15-5-7-16(23)8-6-15/h2-8,10,12H,9,11,13H2,1H3. The third kappa shape index (κ3) is 3.17. The highest BCUT2D eigenvalue weighted by Gasteiger charge is 2.29. The van der Waals surface area contributed by atoms with Crippen LogP contribution in [0.1, 0.15) is 27.3 Å². The molecule has 0 saturated carbocycles. The van der Waals surface area contributed by atoms with E-state index in [0.29, 0.717) is 35.9 Å². The lowest BCUT2D eigenvalue weighted by Gasteiger charge is -2.26. The van der Waals surface area contributed by atoms with Gasteiger partial charge in [-0.3, -0.25) is 4.79 Å². The smallest absolute Gasteiger partial charge is 0.257 e. The quantitative estimate of drug-likeness (QED) is 0.500. The molecule has 0 atom stereocenters. The van der Waals surface area contributed by atoms with Crippen molar-refractivity contribution < 1.29 is 9.32 Å². The van der Waals surface area contributed by atoms with Crippen LogP contribution < -0.4 is 0 Å². The molecule has 4 heterocycles. The van der Waals surface area contributed by atoms with E-state index in [1.807, 2.05) is 49.4 Å². The van der Waals surface area contributed by atoms with Crippen molar-refractivity contribution in [1.82, 2.24) is 24.8 Å². The van der Waals surface area contributed by atoms with Crippen LogP contribution in [0.5, 0.6) is 0 Å². The Morgan fingerprint density at radius 1 is 1.17 bits per heavy atom. The molecule has 1 aromatic carbocycles. The summed E-state index contributed by atoms with van der Waals surface area (Å²) in [4.78, 5) is 19.3. The second kappa shape index (κ2) is 7.42. The fourth-order valence-electron chi connectivity index (χ4n) is 3.73. The molecule has 150 valence electrons. The Morgan fingerprint density at radius 2 is 2.00 bits per heavy atom. The minimum absolute atomic E-state index is 0.0728. The van der Waals surface area contributed by atoms with Crippen LogP contribution in [0.15, 0.2) is 59.4 Å². The first kappa shape index (κ1) is 18.6. The van der Waals surface area contributed by atoms with Gasteiger partial charge in [-0.15, -0.1) is 0 Å². The largest absolute Gasteiger partial charge is 0.356 e. The second-order valence-corrected chi connectivity index (χ2v) is 7.60. The van der Waals surface area contributed by atoms with Crippen LogP contribution in [0.3, 0.4) is 0 Å². The van der Waals surface area contributed by atoms with Crippen LogP contribution in [0, 0.1) is 6.92 Å². The summed E-state index contributed by atoms with van der Waals surface area (Å²) < 4.78 is 7.29. The minimum Gasteiger partial charge on any atom is -0.356 e. The molecule has 7 nitrogen and oxygen atoms in total. The molecule has 30 heavy (non-hydrogen) atoms. The summed E-state index contributed by atoms with van der Waals surface area (Å²) in [6.45, 7) is 2.86. The van der Waals surface area contributed by atoms with Crippen molar-refractivity contribution in [2.75, 3.05) is 6.54 Å². The van der Waals surface area contributed by atoms with Crippen LogP contribution in [0.25, 0.3) is 17.1 Å². The van der Waals surface area contributed by atoms with Gasteiger partial charge in [-0.25, -0.2) is 9.67 Å². The molecule has 0 unspecified atom stereocenters. The normalized spacial score (nSPS) is 13.3. The molecule has 0 fully saturated rings. The number of carbonyl (C=O) groups excluding carboxylic acids is 1. The molecule has 0 bridgehead atoms. The number of halogens is 1. The van der Waals surface area contributed by atoms with Crippen molar-refractivity contribution in [3.05, 3.63) is 82.4 Å². The second-order valence-electron chi connectivity index (χ2n) is 7.16. The van der Waals surface area contributed by atoms with Crippen molar-refractivity contribution in [3.63, 3.8) is 0 Å². The third-order valence-corrected chi connectivity index (χ3v) is 5.59. The number of rotatable bonds is 3. The van der Waals surface area contributed by atoms with Gasteiger partial charge in [-0.05, 0) is 49.7 Å². The fraction of sp³-hybridized carbons (Fsp3) is 0.182. The third-order valence-electron chi connectivity index (χ3n) is 5.34. The van der Waals surface area contributed by atoms with Crippen molar-refractivity contribution in [2.24, 2.45) is 0 Å². The Hall–Kier alpha value is -3.45. The molecule has 0 N–H and O–H groups in total. The average Bonchev–Trinajstić information content (AvgIpc) is 3.37. The number of aromatic nitrogens is 4. The first-order chi connectivity index (χ1) is 14.6. The van der Waals surface area contributed by atoms with E-state index in [0.717, 1.165) is 28.3 Å². The maximum absolute atomic E-state index is 13.2. The molecule has 4 aromatic rings. The van der Waals surface area contributed by atoms with Gasteiger partial charge in [0.1, 0.15) is 5.69 Å². The average molecular weight is 420 g/mol. The fourth-order valence-corrected chi connectivity index (χ4v) is 3.86. The van der Waals surface area contributed by atoms with Gasteiger partial charge in [-0.2, -0.15) is 5.10 Å². The molecule has 3 aromatic heterocycles. The van der Waals surface area contributed by atoms with Crippen molar-refractivity contribution in [1.29, 1.82) is 0 Å². The lowest BCUT2D eigenvalue weighted by molar-refractivity contribution is 0.0731. The summed E-state index contributed by atoms with van der Waals surface area (Å²) in [5.74, 6) is 1.35. The monoisotopic (exact) mass is 419 g/mol. The van der Waals surface area contributed by atoms with Gasteiger partial charge in [0.15, 0.2) is 11.6 Å². The van der Waals surface area contributed by atoms with Crippen LogP contribution >= 0.6 is 11.6 Å². The molecule has 0 spiro atoms. The van der Waals surface area contributed by atoms with E-state index in [1.54, 1.807) is 22.0 Å². The van der Waals surface area contributed by atoms with Gasteiger partial charge in [0.2, 0.25) is 0 Å². The molecule has 1 amide bonds. The van der Waals surface area contributed by atoms with Crippen molar-refractivity contribution >= 4 is 17.5 Å². The van der Waals surface area contributed by atoms with Crippen molar-refractivity contribution in [2.45, 2.75) is 19.9 Å². The molecule has 1 aliphatic rings. The maximum atomic E-state index is 13.2. The van der Waals surface area contributed by atoms with E-state index in [-0.39, 0.29) is 5.91 Å². The van der Waals surface area contributed by atoms with Crippen LogP contribution in [0.2, 0.25) is 5.02 Å². The molecule has 5 rings (SSSR count). The maximum Gasteiger partial charge on any atom is 0.257 e. The number of hydrogen-bond acceptors (Lipinski definition) is 5. The summed E-state index contributed by atoms with van der Waals surface area (Å²) in [7, 11) is 0. The predicted octanol–water partition coefficient (Wildman–Crippen LogP) is 4.08. The number of carbonyl (C=O) groups is 1.